The first-order valence-corrected chi connectivity index (χ1v) is 8.38. The Balaban J connectivity index is 2.04. The molecule has 22 heavy (non-hydrogen) atoms. The minimum absolute atomic E-state index is 0.225. The number of rotatable bonds is 5. The molecule has 0 saturated carbocycles. The molecule has 0 bridgehead atoms. The fourth-order valence-electron chi connectivity index (χ4n) is 2.10. The van der Waals surface area contributed by atoms with Crippen molar-refractivity contribution in [2.45, 2.75) is 25.8 Å². The van der Waals surface area contributed by atoms with Crippen LogP contribution in [0.4, 0.5) is 0 Å². The smallest absolute Gasteiger partial charge is 0.252 e. The molecule has 0 spiro atoms. The number of benzene rings is 1. The lowest BCUT2D eigenvalue weighted by molar-refractivity contribution is 0.0925. The molecule has 1 atom stereocenters. The number of thioether (sulfide) groups is 1. The average Bonchev–Trinajstić information content (AvgIpc) is 2.96. The Labute approximate surface area is 135 Å². The molecule has 4 nitrogen and oxygen atoms in total. The van der Waals surface area contributed by atoms with Gasteiger partial charge in [-0.25, -0.2) is 0 Å². The van der Waals surface area contributed by atoms with Crippen molar-refractivity contribution in [1.82, 2.24) is 5.32 Å². The predicted octanol–water partition coefficient (Wildman–Crippen LogP) is 3.16. The molecule has 2 rings (SSSR count). The Kier molecular flexibility index (Phi) is 5.51. The third kappa shape index (κ3) is 4.28. The topological polar surface area (TPSA) is 62.1 Å². The van der Waals surface area contributed by atoms with E-state index in [1.807, 2.05) is 26.0 Å². The van der Waals surface area contributed by atoms with Gasteiger partial charge in [-0.3, -0.25) is 4.79 Å². The van der Waals surface area contributed by atoms with Crippen LogP contribution < -0.4 is 10.1 Å². The minimum Gasteiger partial charge on any atom is -0.490 e. The first-order chi connectivity index (χ1) is 10.5. The second-order valence-corrected chi connectivity index (χ2v) is 6.68. The Morgan fingerprint density at radius 3 is 3.00 bits per heavy atom. The summed E-state index contributed by atoms with van der Waals surface area (Å²) in [5.74, 6) is 1.97. The maximum Gasteiger partial charge on any atom is 0.252 e. The summed E-state index contributed by atoms with van der Waals surface area (Å²) in [7, 11) is 0. The average molecular weight is 316 g/mol. The number of allylic oxidation sites excluding steroid dienone is 1. The van der Waals surface area contributed by atoms with E-state index in [0.29, 0.717) is 30.1 Å². The molecule has 1 aliphatic rings. The number of hydrogen-bond donors (Lipinski definition) is 1. The summed E-state index contributed by atoms with van der Waals surface area (Å²) in [6.07, 6.45) is 2.67. The molecular weight excluding hydrogens is 296 g/mol. The van der Waals surface area contributed by atoms with Crippen molar-refractivity contribution in [3.8, 4) is 11.8 Å². The molecule has 0 aromatic heterocycles. The van der Waals surface area contributed by atoms with Crippen LogP contribution in [-0.4, -0.2) is 29.6 Å². The van der Waals surface area contributed by atoms with Crippen molar-refractivity contribution in [2.75, 3.05) is 18.1 Å². The minimum atomic E-state index is -0.735. The lowest BCUT2D eigenvalue weighted by Gasteiger charge is -2.21. The van der Waals surface area contributed by atoms with Gasteiger partial charge >= 0.3 is 0 Å². The lowest BCUT2D eigenvalue weighted by Crippen LogP contribution is -2.47. The van der Waals surface area contributed by atoms with E-state index in [0.717, 1.165) is 5.75 Å². The monoisotopic (exact) mass is 316 g/mol. The second kappa shape index (κ2) is 7.37. The van der Waals surface area contributed by atoms with Crippen LogP contribution in [0, 0.1) is 11.3 Å². The summed E-state index contributed by atoms with van der Waals surface area (Å²) in [4.78, 5) is 12.4. The number of hydrogen-bond acceptors (Lipinski definition) is 4. The van der Waals surface area contributed by atoms with Crippen LogP contribution in [0.1, 0.15) is 30.6 Å². The van der Waals surface area contributed by atoms with Crippen LogP contribution >= 0.6 is 11.8 Å². The first-order valence-electron chi connectivity index (χ1n) is 7.22. The van der Waals surface area contributed by atoms with Gasteiger partial charge in [0.15, 0.2) is 0 Å². The highest BCUT2D eigenvalue weighted by Gasteiger charge is 2.36. The first kappa shape index (κ1) is 16.4. The van der Waals surface area contributed by atoms with Gasteiger partial charge in [0.05, 0.1) is 6.07 Å². The van der Waals surface area contributed by atoms with E-state index in [2.05, 4.69) is 11.4 Å². The van der Waals surface area contributed by atoms with Gasteiger partial charge < -0.3 is 10.1 Å². The molecule has 1 amide bonds. The number of carbonyl (C=O) groups is 1. The SMILES string of the molecule is CC(C)=CCOc1cccc(C(=O)N[C@@]2(C#N)CCSC2)c1. The van der Waals surface area contributed by atoms with Crippen LogP contribution in [0.25, 0.3) is 0 Å². The highest BCUT2D eigenvalue weighted by atomic mass is 32.2. The standard InChI is InChI=1S/C17H20N2O2S/c1-13(2)6-8-21-15-5-3-4-14(10-15)16(20)19-17(11-18)7-9-22-12-17/h3-6,10H,7-9,12H2,1-2H3,(H,19,20)/t17-/m1/s1. The van der Waals surface area contributed by atoms with Gasteiger partial charge in [-0.15, -0.1) is 0 Å². The van der Waals surface area contributed by atoms with Crippen LogP contribution in [0.5, 0.6) is 5.75 Å². The van der Waals surface area contributed by atoms with Crippen LogP contribution in [0.3, 0.4) is 0 Å². The van der Waals surface area contributed by atoms with Gasteiger partial charge in [-0.05, 0) is 50.3 Å². The number of nitrogens with one attached hydrogen (secondary N) is 1. The van der Waals surface area contributed by atoms with E-state index in [-0.39, 0.29) is 5.91 Å². The molecule has 5 heteroatoms. The van der Waals surface area contributed by atoms with Crippen LogP contribution in [0.15, 0.2) is 35.9 Å². The normalized spacial score (nSPS) is 20.0. The summed E-state index contributed by atoms with van der Waals surface area (Å²) in [6.45, 7) is 4.49. The summed E-state index contributed by atoms with van der Waals surface area (Å²) >= 11 is 1.69. The molecule has 1 aromatic rings. The van der Waals surface area contributed by atoms with E-state index < -0.39 is 5.54 Å². The van der Waals surface area contributed by atoms with Crippen LogP contribution in [-0.2, 0) is 0 Å². The van der Waals surface area contributed by atoms with Crippen molar-refractivity contribution in [1.29, 1.82) is 5.26 Å². The maximum atomic E-state index is 12.4. The van der Waals surface area contributed by atoms with Crippen molar-refractivity contribution < 1.29 is 9.53 Å². The summed E-state index contributed by atoms with van der Waals surface area (Å²) in [5.41, 5.74) is 0.963. The Bertz CT molecular complexity index is 609. The molecule has 1 saturated heterocycles. The highest BCUT2D eigenvalue weighted by Crippen LogP contribution is 2.27. The maximum absolute atomic E-state index is 12.4. The number of amides is 1. The molecule has 1 fully saturated rings. The van der Waals surface area contributed by atoms with E-state index in [1.165, 1.54) is 5.57 Å². The van der Waals surface area contributed by atoms with Crippen LogP contribution in [0.2, 0.25) is 0 Å². The van der Waals surface area contributed by atoms with E-state index in [4.69, 9.17) is 4.74 Å². The van der Waals surface area contributed by atoms with Gasteiger partial charge in [-0.2, -0.15) is 17.0 Å². The Hall–Kier alpha value is -1.93. The zero-order valence-electron chi connectivity index (χ0n) is 12.9. The molecular formula is C17H20N2O2S. The van der Waals surface area contributed by atoms with Gasteiger partial charge in [0.25, 0.3) is 5.91 Å². The van der Waals surface area contributed by atoms with Crippen molar-refractivity contribution >= 4 is 17.7 Å². The quantitative estimate of drug-likeness (QED) is 0.848. The zero-order valence-corrected chi connectivity index (χ0v) is 13.7. The molecule has 0 aliphatic carbocycles. The number of nitriles is 1. The molecule has 0 radical (unpaired) electrons. The fraction of sp³-hybridized carbons (Fsp3) is 0.412. The molecule has 0 unspecified atom stereocenters. The second-order valence-electron chi connectivity index (χ2n) is 5.57. The highest BCUT2D eigenvalue weighted by molar-refractivity contribution is 7.99. The lowest BCUT2D eigenvalue weighted by atomic mass is 10.0. The van der Waals surface area contributed by atoms with Gasteiger partial charge in [0, 0.05) is 11.3 Å². The summed E-state index contributed by atoms with van der Waals surface area (Å²) < 4.78 is 5.60. The van der Waals surface area contributed by atoms with Crippen molar-refractivity contribution in [3.63, 3.8) is 0 Å². The van der Waals surface area contributed by atoms with E-state index in [1.54, 1.807) is 30.0 Å². The number of nitrogens with zero attached hydrogens (tertiary/aromatic N) is 1. The molecule has 1 aromatic carbocycles. The zero-order chi connectivity index (χ0) is 16.0. The van der Waals surface area contributed by atoms with Gasteiger partial charge in [-0.1, -0.05) is 11.6 Å². The Morgan fingerprint density at radius 2 is 2.36 bits per heavy atom. The van der Waals surface area contributed by atoms with Gasteiger partial charge in [0.2, 0.25) is 0 Å². The Morgan fingerprint density at radius 1 is 1.55 bits per heavy atom. The van der Waals surface area contributed by atoms with Gasteiger partial charge in [0.1, 0.15) is 17.9 Å². The summed E-state index contributed by atoms with van der Waals surface area (Å²) in [5, 5.41) is 12.2. The molecule has 116 valence electrons. The third-order valence-electron chi connectivity index (χ3n) is 3.43. The molecule has 1 aliphatic heterocycles. The number of carbonyl (C=O) groups excluding carboxylic acids is 1. The summed E-state index contributed by atoms with van der Waals surface area (Å²) in [6, 6.07) is 9.30. The fourth-order valence-corrected chi connectivity index (χ4v) is 3.37. The van der Waals surface area contributed by atoms with Crippen molar-refractivity contribution in [3.05, 3.63) is 41.5 Å². The molecule has 1 heterocycles. The van der Waals surface area contributed by atoms with E-state index in [9.17, 15) is 10.1 Å². The largest absolute Gasteiger partial charge is 0.490 e. The van der Waals surface area contributed by atoms with Crippen molar-refractivity contribution in [2.24, 2.45) is 0 Å². The predicted molar refractivity (Wildman–Crippen MR) is 89.1 cm³/mol. The van der Waals surface area contributed by atoms with E-state index >= 15 is 0 Å². The molecule has 1 N–H and O–H groups in total. The number of ether oxygens (including phenoxy) is 1. The third-order valence-corrected chi connectivity index (χ3v) is 4.62.